The quantitative estimate of drug-likeness (QED) is 0.580. The lowest BCUT2D eigenvalue weighted by Gasteiger charge is -2.26. The van der Waals surface area contributed by atoms with E-state index in [1.165, 1.54) is 35.5 Å². The number of carbonyl (C=O) groups is 2. The maximum atomic E-state index is 12.1. The van der Waals surface area contributed by atoms with E-state index in [-0.39, 0.29) is 5.91 Å². The Bertz CT molecular complexity index is 678. The van der Waals surface area contributed by atoms with Crippen LogP contribution >= 0.6 is 23.5 Å². The van der Waals surface area contributed by atoms with Crippen molar-refractivity contribution in [2.24, 2.45) is 0 Å². The largest absolute Gasteiger partial charge is 0.466 e. The van der Waals surface area contributed by atoms with Crippen molar-refractivity contribution >= 4 is 41.1 Å². The molecule has 1 fully saturated rings. The Morgan fingerprint density at radius 1 is 1.28 bits per heavy atom. The Labute approximate surface area is 156 Å². The summed E-state index contributed by atoms with van der Waals surface area (Å²) in [7, 11) is 1.35. The number of benzene rings is 1. The van der Waals surface area contributed by atoms with E-state index < -0.39 is 5.97 Å². The summed E-state index contributed by atoms with van der Waals surface area (Å²) in [6, 6.07) is 8.51. The summed E-state index contributed by atoms with van der Waals surface area (Å²) < 4.78 is 4.67. The standard InChI is InChI=1S/C18H22N2O3S2/c1-23-18(22)12-17-20(16(21)13-25-17)10-4-8-19-9-5-11-24-15-7-3-2-6-14(15)19/h2-3,6-7,12H,4-5,8-11,13H2,1H3/b17-12+. The molecule has 1 saturated heterocycles. The Hall–Kier alpha value is -1.60. The Morgan fingerprint density at radius 2 is 2.12 bits per heavy atom. The number of para-hydroxylation sites is 1. The normalized spacial score (nSPS) is 19.1. The Balaban J connectivity index is 1.61. The first-order valence-electron chi connectivity index (χ1n) is 8.38. The zero-order chi connectivity index (χ0) is 17.6. The molecule has 2 aliphatic heterocycles. The van der Waals surface area contributed by atoms with Crippen molar-refractivity contribution in [1.29, 1.82) is 0 Å². The molecule has 25 heavy (non-hydrogen) atoms. The van der Waals surface area contributed by atoms with Crippen molar-refractivity contribution in [2.75, 3.05) is 43.1 Å². The summed E-state index contributed by atoms with van der Waals surface area (Å²) in [6.45, 7) is 2.57. The number of fused-ring (bicyclic) bond motifs is 1. The van der Waals surface area contributed by atoms with Gasteiger partial charge >= 0.3 is 5.97 Å². The molecule has 3 rings (SSSR count). The summed E-state index contributed by atoms with van der Waals surface area (Å²) in [5.74, 6) is 1.18. The predicted molar refractivity (Wildman–Crippen MR) is 103 cm³/mol. The SMILES string of the molecule is COC(=O)/C=C1/SCC(=O)N1CCCN1CCCSc2ccccc21. The molecular formula is C18H22N2O3S2. The van der Waals surface area contributed by atoms with E-state index in [4.69, 9.17) is 0 Å². The van der Waals surface area contributed by atoms with E-state index in [1.807, 2.05) is 11.8 Å². The average Bonchev–Trinajstić information content (AvgIpc) is 2.84. The summed E-state index contributed by atoms with van der Waals surface area (Å²) in [5, 5.41) is 0.698. The minimum atomic E-state index is -0.416. The third kappa shape index (κ3) is 4.52. The van der Waals surface area contributed by atoms with Crippen LogP contribution in [0, 0.1) is 0 Å². The van der Waals surface area contributed by atoms with Crippen LogP contribution in [-0.2, 0) is 14.3 Å². The van der Waals surface area contributed by atoms with E-state index in [1.54, 1.807) is 4.90 Å². The molecule has 5 nitrogen and oxygen atoms in total. The molecular weight excluding hydrogens is 356 g/mol. The minimum Gasteiger partial charge on any atom is -0.466 e. The van der Waals surface area contributed by atoms with Crippen molar-refractivity contribution in [3.05, 3.63) is 35.4 Å². The van der Waals surface area contributed by atoms with Gasteiger partial charge in [-0.15, -0.1) is 11.8 Å². The van der Waals surface area contributed by atoms with Crippen LogP contribution in [0.2, 0.25) is 0 Å². The number of esters is 1. The van der Waals surface area contributed by atoms with Gasteiger partial charge in [-0.2, -0.15) is 0 Å². The van der Waals surface area contributed by atoms with Crippen LogP contribution in [-0.4, -0.2) is 55.0 Å². The highest BCUT2D eigenvalue weighted by Gasteiger charge is 2.27. The number of methoxy groups -OCH3 is 1. The van der Waals surface area contributed by atoms with E-state index in [9.17, 15) is 9.59 Å². The van der Waals surface area contributed by atoms with Crippen LogP contribution in [0.1, 0.15) is 12.8 Å². The lowest BCUT2D eigenvalue weighted by molar-refractivity contribution is -0.134. The Kier molecular flexibility index (Phi) is 6.31. The monoisotopic (exact) mass is 378 g/mol. The van der Waals surface area contributed by atoms with Gasteiger partial charge in [0.15, 0.2) is 0 Å². The molecule has 0 unspecified atom stereocenters. The summed E-state index contributed by atoms with van der Waals surface area (Å²) in [5.41, 5.74) is 1.29. The zero-order valence-corrected chi connectivity index (χ0v) is 15.9. The first-order chi connectivity index (χ1) is 12.2. The number of anilines is 1. The van der Waals surface area contributed by atoms with Crippen molar-refractivity contribution in [2.45, 2.75) is 17.7 Å². The molecule has 134 valence electrons. The fourth-order valence-corrected chi connectivity index (χ4v) is 4.95. The molecule has 1 amide bonds. The number of amides is 1. The van der Waals surface area contributed by atoms with Gasteiger partial charge in [-0.1, -0.05) is 23.9 Å². The molecule has 1 aromatic rings. The molecule has 0 radical (unpaired) electrons. The zero-order valence-electron chi connectivity index (χ0n) is 14.3. The van der Waals surface area contributed by atoms with E-state index in [0.717, 1.165) is 31.7 Å². The number of carbonyl (C=O) groups excluding carboxylic acids is 2. The first kappa shape index (κ1) is 18.2. The molecule has 0 N–H and O–H groups in total. The predicted octanol–water partition coefficient (Wildman–Crippen LogP) is 2.97. The van der Waals surface area contributed by atoms with Crippen LogP contribution < -0.4 is 4.90 Å². The first-order valence-corrected chi connectivity index (χ1v) is 10.4. The van der Waals surface area contributed by atoms with Crippen LogP contribution in [0.5, 0.6) is 0 Å². The van der Waals surface area contributed by atoms with Crippen LogP contribution in [0.25, 0.3) is 0 Å². The van der Waals surface area contributed by atoms with Gasteiger partial charge in [-0.05, 0) is 30.7 Å². The van der Waals surface area contributed by atoms with Crippen molar-refractivity contribution in [1.82, 2.24) is 4.90 Å². The smallest absolute Gasteiger partial charge is 0.333 e. The van der Waals surface area contributed by atoms with Crippen molar-refractivity contribution in [3.8, 4) is 0 Å². The van der Waals surface area contributed by atoms with Crippen LogP contribution in [0.4, 0.5) is 5.69 Å². The van der Waals surface area contributed by atoms with Crippen molar-refractivity contribution < 1.29 is 14.3 Å². The highest BCUT2D eigenvalue weighted by atomic mass is 32.2. The van der Waals surface area contributed by atoms with Gasteiger partial charge in [-0.3, -0.25) is 4.79 Å². The molecule has 0 saturated carbocycles. The van der Waals surface area contributed by atoms with E-state index in [0.29, 0.717) is 17.3 Å². The van der Waals surface area contributed by atoms with Gasteiger partial charge < -0.3 is 14.5 Å². The number of rotatable bonds is 5. The van der Waals surface area contributed by atoms with Gasteiger partial charge in [0.2, 0.25) is 5.91 Å². The average molecular weight is 379 g/mol. The molecule has 0 spiro atoms. The molecule has 7 heteroatoms. The lowest BCUT2D eigenvalue weighted by atomic mass is 10.2. The van der Waals surface area contributed by atoms with Crippen LogP contribution in [0.3, 0.4) is 0 Å². The number of hydrogen-bond donors (Lipinski definition) is 0. The highest BCUT2D eigenvalue weighted by molar-refractivity contribution is 8.04. The second kappa shape index (κ2) is 8.67. The second-order valence-electron chi connectivity index (χ2n) is 5.85. The van der Waals surface area contributed by atoms with Crippen molar-refractivity contribution in [3.63, 3.8) is 0 Å². The van der Waals surface area contributed by atoms with Gasteiger partial charge in [0.25, 0.3) is 0 Å². The molecule has 0 aliphatic carbocycles. The third-order valence-electron chi connectivity index (χ3n) is 4.20. The maximum absolute atomic E-state index is 12.1. The molecule has 0 atom stereocenters. The number of ether oxygens (including phenoxy) is 1. The highest BCUT2D eigenvalue weighted by Crippen LogP contribution is 2.34. The van der Waals surface area contributed by atoms with Crippen LogP contribution in [0.15, 0.2) is 40.3 Å². The molecule has 2 aliphatic rings. The fourth-order valence-electron chi connectivity index (χ4n) is 2.98. The molecule has 1 aromatic carbocycles. The summed E-state index contributed by atoms with van der Waals surface area (Å²) in [6.07, 6.45) is 3.43. The minimum absolute atomic E-state index is 0.0620. The maximum Gasteiger partial charge on any atom is 0.333 e. The summed E-state index contributed by atoms with van der Waals surface area (Å²) in [4.78, 5) is 29.0. The fraction of sp³-hybridized carbons (Fsp3) is 0.444. The third-order valence-corrected chi connectivity index (χ3v) is 6.37. The number of hydrogen-bond acceptors (Lipinski definition) is 6. The Morgan fingerprint density at radius 3 is 2.96 bits per heavy atom. The molecule has 2 heterocycles. The van der Waals surface area contributed by atoms with Gasteiger partial charge in [-0.25, -0.2) is 4.79 Å². The number of nitrogens with zero attached hydrogens (tertiary/aromatic N) is 2. The second-order valence-corrected chi connectivity index (χ2v) is 7.98. The van der Waals surface area contributed by atoms with Gasteiger partial charge in [0, 0.05) is 24.5 Å². The summed E-state index contributed by atoms with van der Waals surface area (Å²) >= 11 is 3.31. The lowest BCUT2D eigenvalue weighted by Crippen LogP contribution is -2.31. The molecule has 0 aromatic heterocycles. The number of thioether (sulfide) groups is 2. The topological polar surface area (TPSA) is 49.9 Å². The van der Waals surface area contributed by atoms with Gasteiger partial charge in [0.1, 0.15) is 0 Å². The van der Waals surface area contributed by atoms with E-state index >= 15 is 0 Å². The van der Waals surface area contributed by atoms with Gasteiger partial charge in [0.05, 0.1) is 29.7 Å². The van der Waals surface area contributed by atoms with E-state index in [2.05, 4.69) is 33.9 Å². The molecule has 0 bridgehead atoms.